The minimum absolute atomic E-state index is 0.0179. The first-order chi connectivity index (χ1) is 13.0. The summed E-state index contributed by atoms with van der Waals surface area (Å²) in [5.41, 5.74) is 3.09. The van der Waals surface area contributed by atoms with E-state index in [1.165, 1.54) is 12.1 Å². The zero-order valence-corrected chi connectivity index (χ0v) is 14.3. The van der Waals surface area contributed by atoms with Crippen molar-refractivity contribution in [3.63, 3.8) is 0 Å². The van der Waals surface area contributed by atoms with Gasteiger partial charge in [0.1, 0.15) is 11.6 Å². The second-order valence-electron chi connectivity index (χ2n) is 6.41. The van der Waals surface area contributed by atoms with E-state index in [2.05, 4.69) is 20.7 Å². The third-order valence-electron chi connectivity index (χ3n) is 4.65. The van der Waals surface area contributed by atoms with Crippen LogP contribution in [0.25, 0.3) is 10.8 Å². The van der Waals surface area contributed by atoms with Gasteiger partial charge in [0.15, 0.2) is 5.69 Å². The van der Waals surface area contributed by atoms with Crippen LogP contribution < -0.4 is 11.0 Å². The highest BCUT2D eigenvalue weighted by molar-refractivity contribution is 6.09. The summed E-state index contributed by atoms with van der Waals surface area (Å²) >= 11 is 0. The molecule has 0 saturated carbocycles. The van der Waals surface area contributed by atoms with Gasteiger partial charge in [0, 0.05) is 16.5 Å². The molecule has 3 N–H and O–H groups in total. The molecule has 8 heteroatoms. The predicted octanol–water partition coefficient (Wildman–Crippen LogP) is 2.41. The topological polar surface area (TPSA) is 107 Å². The molecular weight excluding hydrogens is 351 g/mol. The molecule has 27 heavy (non-hydrogen) atoms. The Morgan fingerprint density at radius 1 is 1.30 bits per heavy atom. The number of amides is 1. The number of rotatable bonds is 2. The van der Waals surface area contributed by atoms with Crippen LogP contribution in [0.5, 0.6) is 5.75 Å². The molecule has 0 unspecified atom stereocenters. The third-order valence-corrected chi connectivity index (χ3v) is 4.65. The molecule has 1 amide bonds. The number of aromatic hydroxyl groups is 1. The third kappa shape index (κ3) is 2.75. The van der Waals surface area contributed by atoms with Crippen LogP contribution in [0.4, 0.5) is 4.39 Å². The summed E-state index contributed by atoms with van der Waals surface area (Å²) in [6.45, 7) is 1.82. The highest BCUT2D eigenvalue weighted by atomic mass is 19.1. The molecule has 4 rings (SSSR count). The number of benzene rings is 2. The Bertz CT molecular complexity index is 1170. The number of hydrogen-bond donors (Lipinski definition) is 3. The largest absolute Gasteiger partial charge is 0.507 e. The number of carbonyl (C=O) groups excluding carboxylic acids is 1. The van der Waals surface area contributed by atoms with Gasteiger partial charge in [0.25, 0.3) is 11.5 Å². The van der Waals surface area contributed by atoms with Gasteiger partial charge in [-0.3, -0.25) is 9.59 Å². The van der Waals surface area contributed by atoms with Gasteiger partial charge in [-0.25, -0.2) is 14.9 Å². The Morgan fingerprint density at radius 2 is 2.04 bits per heavy atom. The summed E-state index contributed by atoms with van der Waals surface area (Å²) in [5, 5.41) is 21.0. The fourth-order valence-corrected chi connectivity index (χ4v) is 3.42. The minimum Gasteiger partial charge on any atom is -0.507 e. The van der Waals surface area contributed by atoms with E-state index in [4.69, 9.17) is 0 Å². The molecule has 1 atom stereocenters. The number of aromatic amines is 1. The van der Waals surface area contributed by atoms with Gasteiger partial charge in [0.2, 0.25) is 0 Å². The molecule has 0 saturated heterocycles. The van der Waals surface area contributed by atoms with Crippen molar-refractivity contribution in [2.75, 3.05) is 0 Å². The van der Waals surface area contributed by atoms with Crippen molar-refractivity contribution in [1.82, 2.24) is 15.6 Å². The minimum atomic E-state index is -0.619. The predicted molar refractivity (Wildman–Crippen MR) is 97.5 cm³/mol. The first-order valence-corrected chi connectivity index (χ1v) is 8.33. The van der Waals surface area contributed by atoms with Crippen LogP contribution >= 0.6 is 0 Å². The highest BCUT2D eigenvalue weighted by Crippen LogP contribution is 2.39. The molecule has 1 heterocycles. The van der Waals surface area contributed by atoms with Crippen LogP contribution in [0, 0.1) is 5.82 Å². The number of hydrogen-bond acceptors (Lipinski definition) is 5. The zero-order valence-electron chi connectivity index (χ0n) is 14.3. The van der Waals surface area contributed by atoms with E-state index in [1.54, 1.807) is 24.3 Å². The van der Waals surface area contributed by atoms with E-state index in [1.807, 2.05) is 6.92 Å². The number of nitrogens with one attached hydrogen (secondary N) is 2. The van der Waals surface area contributed by atoms with Crippen LogP contribution in [0.3, 0.4) is 0 Å². The van der Waals surface area contributed by atoms with Gasteiger partial charge >= 0.3 is 0 Å². The van der Waals surface area contributed by atoms with Gasteiger partial charge in [-0.2, -0.15) is 10.2 Å². The molecule has 0 bridgehead atoms. The Kier molecular flexibility index (Phi) is 3.95. The van der Waals surface area contributed by atoms with Crippen LogP contribution in [0.1, 0.15) is 40.9 Å². The molecule has 1 aliphatic rings. The molecular formula is C19H15FN4O3. The molecule has 1 aromatic heterocycles. The van der Waals surface area contributed by atoms with E-state index >= 15 is 0 Å². The average molecular weight is 366 g/mol. The number of nitrogens with zero attached hydrogens (tertiary/aromatic N) is 2. The number of H-pyrrole nitrogens is 1. The van der Waals surface area contributed by atoms with Crippen LogP contribution in [0.2, 0.25) is 0 Å². The number of halogens is 1. The quantitative estimate of drug-likeness (QED) is 0.605. The summed E-state index contributed by atoms with van der Waals surface area (Å²) in [7, 11) is 0. The standard InChI is InChI=1S/C19H15FN4O3/c1-9-8-13(16-14(25)7-6-12(20)15(9)16)21-24-19(27)17-10-4-2-3-5-11(10)18(26)23-22-17/h2-7,9,25H,8H2,1H3,(H,23,26)(H,24,27)/b21-13+/t9-/m1/s1. The van der Waals surface area contributed by atoms with Crippen LogP contribution in [0.15, 0.2) is 46.3 Å². The molecule has 136 valence electrons. The molecule has 0 spiro atoms. The van der Waals surface area contributed by atoms with Gasteiger partial charge in [0.05, 0.1) is 11.1 Å². The number of hydrazone groups is 1. The lowest BCUT2D eigenvalue weighted by atomic mass is 10.0. The SMILES string of the molecule is C[C@@H]1C/C(=N\NC(=O)c2n[nH]c(=O)c3ccccc23)c2c(O)ccc(F)c21. The monoisotopic (exact) mass is 366 g/mol. The Hall–Kier alpha value is -3.55. The molecule has 0 fully saturated rings. The number of carbonyl (C=O) groups is 1. The molecule has 3 aromatic rings. The van der Waals surface area contributed by atoms with Crippen LogP contribution in [-0.4, -0.2) is 26.9 Å². The molecule has 0 aliphatic heterocycles. The number of phenols is 1. The van der Waals surface area contributed by atoms with Crippen molar-refractivity contribution in [1.29, 1.82) is 0 Å². The van der Waals surface area contributed by atoms with Crippen LogP contribution in [-0.2, 0) is 0 Å². The average Bonchev–Trinajstić information content (AvgIpc) is 3.01. The summed E-state index contributed by atoms with van der Waals surface area (Å²) in [5.74, 6) is -1.29. The van der Waals surface area contributed by atoms with Crippen molar-refractivity contribution in [3.8, 4) is 5.75 Å². The van der Waals surface area contributed by atoms with Crippen molar-refractivity contribution in [2.45, 2.75) is 19.3 Å². The van der Waals surface area contributed by atoms with Gasteiger partial charge in [-0.15, -0.1) is 0 Å². The summed E-state index contributed by atoms with van der Waals surface area (Å²) in [6, 6.07) is 9.07. The van der Waals surface area contributed by atoms with Crippen molar-refractivity contribution >= 4 is 22.4 Å². The lowest BCUT2D eigenvalue weighted by Gasteiger charge is -2.07. The lowest BCUT2D eigenvalue weighted by molar-refractivity contribution is 0.0950. The Balaban J connectivity index is 1.70. The second-order valence-corrected chi connectivity index (χ2v) is 6.41. The lowest BCUT2D eigenvalue weighted by Crippen LogP contribution is -2.23. The maximum absolute atomic E-state index is 14.1. The highest BCUT2D eigenvalue weighted by Gasteiger charge is 2.31. The Labute approximate surface area is 152 Å². The van der Waals surface area contributed by atoms with E-state index in [-0.39, 0.29) is 17.4 Å². The fraction of sp³-hybridized carbons (Fsp3) is 0.158. The van der Waals surface area contributed by atoms with Crippen molar-refractivity contribution in [3.05, 3.63) is 69.4 Å². The van der Waals surface area contributed by atoms with E-state index in [9.17, 15) is 19.1 Å². The zero-order chi connectivity index (χ0) is 19.1. The first kappa shape index (κ1) is 16.9. The number of fused-ring (bicyclic) bond motifs is 2. The van der Waals surface area contributed by atoms with E-state index < -0.39 is 17.3 Å². The summed E-state index contributed by atoms with van der Waals surface area (Å²) in [4.78, 5) is 24.4. The maximum Gasteiger partial charge on any atom is 0.292 e. The number of aromatic nitrogens is 2. The van der Waals surface area contributed by atoms with Crippen molar-refractivity contribution in [2.24, 2.45) is 5.10 Å². The second kappa shape index (κ2) is 6.31. The van der Waals surface area contributed by atoms with Gasteiger partial charge in [-0.05, 0) is 30.5 Å². The van der Waals surface area contributed by atoms with Gasteiger partial charge < -0.3 is 5.11 Å². The van der Waals surface area contributed by atoms with Gasteiger partial charge in [-0.1, -0.05) is 25.1 Å². The Morgan fingerprint density at radius 3 is 2.81 bits per heavy atom. The fourth-order valence-electron chi connectivity index (χ4n) is 3.42. The molecule has 7 nitrogen and oxygen atoms in total. The maximum atomic E-state index is 14.1. The normalized spacial score (nSPS) is 17.3. The number of phenolic OH excluding ortho intramolecular Hbond substituents is 1. The molecule has 0 radical (unpaired) electrons. The molecule has 1 aliphatic carbocycles. The van der Waals surface area contributed by atoms with E-state index in [0.29, 0.717) is 34.0 Å². The van der Waals surface area contributed by atoms with Crippen molar-refractivity contribution < 1.29 is 14.3 Å². The summed E-state index contributed by atoms with van der Waals surface area (Å²) < 4.78 is 14.1. The smallest absolute Gasteiger partial charge is 0.292 e. The first-order valence-electron chi connectivity index (χ1n) is 8.33. The van der Waals surface area contributed by atoms with E-state index in [0.717, 1.165) is 0 Å². The molecule has 2 aromatic carbocycles. The summed E-state index contributed by atoms with van der Waals surface area (Å²) in [6.07, 6.45) is 0.379.